The largest absolute Gasteiger partial charge is 0.475 e. The second-order valence-corrected chi connectivity index (χ2v) is 9.06. The van der Waals surface area contributed by atoms with E-state index in [1.165, 1.54) is 10.7 Å². The van der Waals surface area contributed by atoms with Crippen LogP contribution in [0.25, 0.3) is 17.4 Å². The van der Waals surface area contributed by atoms with E-state index < -0.39 is 5.97 Å². The Balaban J connectivity index is 1.09. The summed E-state index contributed by atoms with van der Waals surface area (Å²) in [5.41, 5.74) is 6.19. The smallest absolute Gasteiger partial charge is 0.373 e. The average Bonchev–Trinajstić information content (AvgIpc) is 3.65. The molecule has 0 aromatic carbocycles. The van der Waals surface area contributed by atoms with Gasteiger partial charge in [-0.2, -0.15) is 19.5 Å². The molecule has 2 saturated heterocycles. The van der Waals surface area contributed by atoms with Gasteiger partial charge in [0.2, 0.25) is 23.5 Å². The highest BCUT2D eigenvalue weighted by Crippen LogP contribution is 2.24. The molecule has 6 rings (SSSR count). The highest BCUT2D eigenvalue weighted by molar-refractivity contribution is 5.84. The van der Waals surface area contributed by atoms with Gasteiger partial charge in [0.05, 0.1) is 12.5 Å². The molecule has 2 aliphatic rings. The second-order valence-electron chi connectivity index (χ2n) is 9.06. The summed E-state index contributed by atoms with van der Waals surface area (Å²) in [6.07, 6.45) is 4.99. The van der Waals surface area contributed by atoms with Gasteiger partial charge in [0, 0.05) is 45.8 Å². The first kappa shape index (κ1) is 22.3. The fourth-order valence-corrected chi connectivity index (χ4v) is 4.84. The third-order valence-electron chi connectivity index (χ3n) is 6.63. The number of nitrogens with zero attached hydrogens (tertiary/aromatic N) is 9. The van der Waals surface area contributed by atoms with E-state index in [4.69, 9.17) is 19.7 Å². The number of hydrogen-bond acceptors (Lipinski definition) is 12. The topological polar surface area (TPSA) is 168 Å². The van der Waals surface area contributed by atoms with Crippen LogP contribution in [0, 0.1) is 5.92 Å². The van der Waals surface area contributed by atoms with Gasteiger partial charge >= 0.3 is 5.97 Å². The molecule has 3 N–H and O–H groups in total. The summed E-state index contributed by atoms with van der Waals surface area (Å²) in [7, 11) is 0. The Kier molecular flexibility index (Phi) is 5.64. The number of hydrogen-bond donors (Lipinski definition) is 2. The first-order valence-corrected chi connectivity index (χ1v) is 11.9. The summed E-state index contributed by atoms with van der Waals surface area (Å²) in [5, 5.41) is 13.4. The van der Waals surface area contributed by atoms with Crippen LogP contribution in [-0.2, 0) is 0 Å². The van der Waals surface area contributed by atoms with Gasteiger partial charge < -0.3 is 29.5 Å². The quantitative estimate of drug-likeness (QED) is 0.391. The molecule has 6 heterocycles. The molecule has 1 unspecified atom stereocenters. The van der Waals surface area contributed by atoms with E-state index in [9.17, 15) is 4.79 Å². The Morgan fingerprint density at radius 1 is 1.14 bits per heavy atom. The molecule has 36 heavy (non-hydrogen) atoms. The van der Waals surface area contributed by atoms with Gasteiger partial charge in [-0.05, 0) is 30.9 Å². The highest BCUT2D eigenvalue weighted by Gasteiger charge is 2.28. The summed E-state index contributed by atoms with van der Waals surface area (Å²) in [4.78, 5) is 35.3. The Labute approximate surface area is 205 Å². The number of furan rings is 1. The van der Waals surface area contributed by atoms with Crippen LogP contribution >= 0.6 is 0 Å². The monoisotopic (exact) mass is 494 g/mol. The number of aromatic nitrogens is 6. The number of anilines is 3. The van der Waals surface area contributed by atoms with Gasteiger partial charge in [-0.1, -0.05) is 0 Å². The molecule has 4 aromatic heterocycles. The first-order valence-electron chi connectivity index (χ1n) is 11.9. The average molecular weight is 495 g/mol. The summed E-state index contributed by atoms with van der Waals surface area (Å²) < 4.78 is 12.2. The molecule has 0 aliphatic carbocycles. The molecule has 2 fully saturated rings. The molecule has 188 valence electrons. The molecule has 4 aromatic rings. The predicted octanol–water partition coefficient (Wildman–Crippen LogP) is 1.09. The Morgan fingerprint density at radius 2 is 2.00 bits per heavy atom. The predicted molar refractivity (Wildman–Crippen MR) is 128 cm³/mol. The summed E-state index contributed by atoms with van der Waals surface area (Å²) in [6, 6.07) is 3.93. The van der Waals surface area contributed by atoms with Crippen molar-refractivity contribution >= 4 is 29.7 Å². The molecular formula is C22H26N10O4. The Bertz CT molecular complexity index is 1360. The van der Waals surface area contributed by atoms with Crippen molar-refractivity contribution in [2.24, 2.45) is 5.92 Å². The standard InChI is InChI=1S/C22H26N10O4/c23-19-26-20(27-21-25-17(28-32(19)21)15-4-2-10-35-15)31-5-1-3-14(13-31)12-29-6-8-30(9-7-29)22-24-11-16(36-22)18(33)34/h2,4,10-11,14H,1,3,5-9,12-13H2,(H,33,34)(H2,23,25,26,27,28). The number of fused-ring (bicyclic) bond motifs is 1. The SMILES string of the molecule is Nc1nc(N2CCCC(CN3CCN(c4ncc(C(=O)O)o4)CC3)C2)nc2nc(-c3ccco3)nn12. The fourth-order valence-electron chi connectivity index (χ4n) is 4.84. The number of piperazine rings is 1. The first-order chi connectivity index (χ1) is 17.5. The number of carbonyl (C=O) groups is 1. The van der Waals surface area contributed by atoms with Crippen molar-refractivity contribution < 1.29 is 18.7 Å². The Hall–Kier alpha value is -4.20. The number of nitrogen functional groups attached to an aromatic ring is 1. The van der Waals surface area contributed by atoms with Crippen molar-refractivity contribution in [3.8, 4) is 11.6 Å². The lowest BCUT2D eigenvalue weighted by atomic mass is 9.97. The third kappa shape index (κ3) is 4.30. The van der Waals surface area contributed by atoms with E-state index in [0.717, 1.165) is 58.7 Å². The van der Waals surface area contributed by atoms with Gasteiger partial charge in [-0.15, -0.1) is 5.10 Å². The minimum absolute atomic E-state index is 0.140. The van der Waals surface area contributed by atoms with Crippen LogP contribution in [0.15, 0.2) is 33.4 Å². The maximum Gasteiger partial charge on any atom is 0.373 e. The number of carboxylic acids is 1. The molecular weight excluding hydrogens is 468 g/mol. The zero-order valence-electron chi connectivity index (χ0n) is 19.5. The molecule has 0 radical (unpaired) electrons. The maximum atomic E-state index is 11.0. The normalized spacial score (nSPS) is 19.3. The minimum atomic E-state index is -1.11. The molecule has 14 heteroatoms. The Morgan fingerprint density at radius 3 is 2.75 bits per heavy atom. The molecule has 0 spiro atoms. The van der Waals surface area contributed by atoms with E-state index in [0.29, 0.717) is 35.2 Å². The van der Waals surface area contributed by atoms with Crippen LogP contribution in [0.5, 0.6) is 0 Å². The van der Waals surface area contributed by atoms with E-state index in [1.807, 2.05) is 4.90 Å². The third-order valence-corrected chi connectivity index (χ3v) is 6.63. The van der Waals surface area contributed by atoms with E-state index in [1.54, 1.807) is 18.4 Å². The van der Waals surface area contributed by atoms with Gasteiger partial charge in [0.15, 0.2) is 5.76 Å². The van der Waals surface area contributed by atoms with Gasteiger partial charge in [0.25, 0.3) is 11.8 Å². The number of carboxylic acid groups (broad SMARTS) is 1. The minimum Gasteiger partial charge on any atom is -0.475 e. The molecule has 0 saturated carbocycles. The maximum absolute atomic E-state index is 11.0. The zero-order valence-corrected chi connectivity index (χ0v) is 19.5. The molecule has 1 atom stereocenters. The number of rotatable bonds is 6. The summed E-state index contributed by atoms with van der Waals surface area (Å²) in [5.74, 6) is 1.35. The highest BCUT2D eigenvalue weighted by atomic mass is 16.4. The van der Waals surface area contributed by atoms with E-state index in [-0.39, 0.29) is 11.7 Å². The van der Waals surface area contributed by atoms with Crippen LogP contribution in [0.3, 0.4) is 0 Å². The number of piperidine rings is 1. The second kappa shape index (κ2) is 9.11. The zero-order chi connectivity index (χ0) is 24.6. The van der Waals surface area contributed by atoms with Crippen LogP contribution in [0.2, 0.25) is 0 Å². The van der Waals surface area contributed by atoms with Crippen molar-refractivity contribution in [1.29, 1.82) is 0 Å². The molecule has 14 nitrogen and oxygen atoms in total. The van der Waals surface area contributed by atoms with E-state index in [2.05, 4.69) is 34.8 Å². The summed E-state index contributed by atoms with van der Waals surface area (Å²) >= 11 is 0. The van der Waals surface area contributed by atoms with Crippen molar-refractivity contribution in [2.45, 2.75) is 12.8 Å². The van der Waals surface area contributed by atoms with Gasteiger partial charge in [-0.3, -0.25) is 4.90 Å². The van der Waals surface area contributed by atoms with Crippen molar-refractivity contribution in [3.63, 3.8) is 0 Å². The van der Waals surface area contributed by atoms with Crippen LogP contribution in [0.4, 0.5) is 17.9 Å². The van der Waals surface area contributed by atoms with Crippen LogP contribution in [0.1, 0.15) is 23.4 Å². The van der Waals surface area contributed by atoms with E-state index >= 15 is 0 Å². The lowest BCUT2D eigenvalue weighted by molar-refractivity contribution is 0.0663. The lowest BCUT2D eigenvalue weighted by Gasteiger charge is -2.39. The fraction of sp³-hybridized carbons (Fsp3) is 0.455. The molecule has 0 amide bonds. The summed E-state index contributed by atoms with van der Waals surface area (Å²) in [6.45, 7) is 5.82. The molecule has 2 aliphatic heterocycles. The van der Waals surface area contributed by atoms with Crippen molar-refractivity contribution in [2.75, 3.05) is 61.3 Å². The van der Waals surface area contributed by atoms with Gasteiger partial charge in [0.1, 0.15) is 0 Å². The van der Waals surface area contributed by atoms with Crippen LogP contribution in [-0.4, -0.2) is 91.3 Å². The van der Waals surface area contributed by atoms with Crippen molar-refractivity contribution in [1.82, 2.24) is 34.4 Å². The van der Waals surface area contributed by atoms with Crippen LogP contribution < -0.4 is 15.5 Å². The number of oxazole rings is 1. The number of aromatic carboxylic acids is 1. The van der Waals surface area contributed by atoms with Gasteiger partial charge in [-0.25, -0.2) is 9.78 Å². The number of nitrogens with two attached hydrogens (primary N) is 1. The molecule has 0 bridgehead atoms. The van der Waals surface area contributed by atoms with Crippen molar-refractivity contribution in [3.05, 3.63) is 30.4 Å². The lowest BCUT2D eigenvalue weighted by Crippen LogP contribution is -2.50.